The van der Waals surface area contributed by atoms with Crippen molar-refractivity contribution in [2.24, 2.45) is 0 Å². The topological polar surface area (TPSA) is 49.3 Å². The molecule has 0 aromatic rings. The van der Waals surface area contributed by atoms with Crippen molar-refractivity contribution < 1.29 is 9.90 Å². The minimum Gasteiger partial charge on any atom is -0.481 e. The molecule has 2 unspecified atom stereocenters. The summed E-state index contributed by atoms with van der Waals surface area (Å²) in [5, 5.41) is 12.6. The van der Waals surface area contributed by atoms with Gasteiger partial charge in [-0.25, -0.2) is 0 Å². The molecule has 2 N–H and O–H groups in total. The highest BCUT2D eigenvalue weighted by Crippen LogP contribution is 2.26. The first-order valence-corrected chi connectivity index (χ1v) is 6.49. The Bertz CT molecular complexity index is 187. The third kappa shape index (κ3) is 4.33. The van der Waals surface area contributed by atoms with Crippen molar-refractivity contribution in [3.05, 3.63) is 0 Å². The molecule has 0 aromatic heterocycles. The van der Waals surface area contributed by atoms with E-state index in [-0.39, 0.29) is 6.42 Å². The van der Waals surface area contributed by atoms with Gasteiger partial charge in [-0.3, -0.25) is 4.79 Å². The lowest BCUT2D eigenvalue weighted by Gasteiger charge is -2.28. The maximum atomic E-state index is 10.3. The Kier molecular flexibility index (Phi) is 5.33. The van der Waals surface area contributed by atoms with Gasteiger partial charge < -0.3 is 10.4 Å². The fraction of sp³-hybridized carbons (Fsp3) is 0.900. The average molecular weight is 217 g/mol. The Morgan fingerprint density at radius 2 is 2.36 bits per heavy atom. The third-order valence-electron chi connectivity index (χ3n) is 2.73. The fourth-order valence-corrected chi connectivity index (χ4v) is 2.75. The van der Waals surface area contributed by atoms with E-state index < -0.39 is 5.97 Å². The normalized spacial score (nSPS) is 27.5. The zero-order chi connectivity index (χ0) is 10.4. The van der Waals surface area contributed by atoms with E-state index in [1.165, 1.54) is 25.7 Å². The molecular formula is C10H19NO2S. The second kappa shape index (κ2) is 6.30. The Balaban J connectivity index is 2.14. The summed E-state index contributed by atoms with van der Waals surface area (Å²) in [7, 11) is 0. The minimum absolute atomic E-state index is 0.237. The molecule has 4 heteroatoms. The Morgan fingerprint density at radius 1 is 1.57 bits per heavy atom. The number of carbonyl (C=O) groups is 1. The van der Waals surface area contributed by atoms with Crippen molar-refractivity contribution in [1.29, 1.82) is 0 Å². The summed E-state index contributed by atoms with van der Waals surface area (Å²) < 4.78 is 0. The number of hydrogen-bond donors (Lipinski definition) is 2. The number of hydrogen-bond acceptors (Lipinski definition) is 3. The van der Waals surface area contributed by atoms with Crippen molar-refractivity contribution in [2.45, 2.75) is 43.4 Å². The molecule has 0 spiro atoms. The summed E-state index contributed by atoms with van der Waals surface area (Å²) in [6, 6.07) is 0.542. The lowest BCUT2D eigenvalue weighted by molar-refractivity contribution is -0.136. The Hall–Kier alpha value is -0.220. The van der Waals surface area contributed by atoms with Gasteiger partial charge in [0.05, 0.1) is 6.42 Å². The van der Waals surface area contributed by atoms with Gasteiger partial charge in [-0.15, -0.1) is 0 Å². The van der Waals surface area contributed by atoms with Crippen LogP contribution in [0.15, 0.2) is 0 Å². The summed E-state index contributed by atoms with van der Waals surface area (Å²) in [4.78, 5) is 10.3. The summed E-state index contributed by atoms with van der Waals surface area (Å²) >= 11 is 1.93. The number of aliphatic carboxylic acids is 1. The van der Waals surface area contributed by atoms with Crippen LogP contribution in [0.5, 0.6) is 0 Å². The molecule has 0 bridgehead atoms. The monoisotopic (exact) mass is 217 g/mol. The molecule has 1 aliphatic rings. The van der Waals surface area contributed by atoms with E-state index in [0.717, 1.165) is 5.25 Å². The van der Waals surface area contributed by atoms with Gasteiger partial charge in [0.15, 0.2) is 0 Å². The maximum Gasteiger partial charge on any atom is 0.304 e. The van der Waals surface area contributed by atoms with Gasteiger partial charge in [-0.2, -0.15) is 11.8 Å². The number of carboxylic acids is 1. The van der Waals surface area contributed by atoms with Gasteiger partial charge in [0.2, 0.25) is 0 Å². The molecule has 0 radical (unpaired) electrons. The first-order chi connectivity index (χ1) is 6.72. The molecule has 0 heterocycles. The average Bonchev–Trinajstić information content (AvgIpc) is 2.18. The first-order valence-electron chi connectivity index (χ1n) is 5.20. The number of carboxylic acid groups (broad SMARTS) is 1. The van der Waals surface area contributed by atoms with Crippen LogP contribution in [0.25, 0.3) is 0 Å². The highest BCUT2D eigenvalue weighted by molar-refractivity contribution is 7.99. The molecule has 0 aliphatic heterocycles. The molecule has 3 nitrogen and oxygen atoms in total. The van der Waals surface area contributed by atoms with E-state index in [9.17, 15) is 4.79 Å². The largest absolute Gasteiger partial charge is 0.481 e. The highest BCUT2D eigenvalue weighted by Gasteiger charge is 2.20. The molecule has 1 aliphatic carbocycles. The van der Waals surface area contributed by atoms with Crippen LogP contribution in [0.3, 0.4) is 0 Å². The smallest absolute Gasteiger partial charge is 0.304 e. The van der Waals surface area contributed by atoms with E-state index in [1.54, 1.807) is 0 Å². The van der Waals surface area contributed by atoms with Crippen LogP contribution in [-0.4, -0.2) is 35.2 Å². The van der Waals surface area contributed by atoms with E-state index in [2.05, 4.69) is 11.6 Å². The number of nitrogens with one attached hydrogen (secondary N) is 1. The zero-order valence-corrected chi connectivity index (χ0v) is 9.48. The molecular weight excluding hydrogens is 198 g/mol. The number of rotatable bonds is 5. The van der Waals surface area contributed by atoms with Crippen molar-refractivity contribution in [1.82, 2.24) is 5.32 Å². The second-order valence-electron chi connectivity index (χ2n) is 3.82. The second-order valence-corrected chi connectivity index (χ2v) is 4.96. The SMILES string of the molecule is CSC1CCCC(NCCC(=O)O)C1. The van der Waals surface area contributed by atoms with E-state index >= 15 is 0 Å². The van der Waals surface area contributed by atoms with E-state index in [0.29, 0.717) is 12.6 Å². The van der Waals surface area contributed by atoms with E-state index in [1.807, 2.05) is 11.8 Å². The van der Waals surface area contributed by atoms with Gasteiger partial charge in [-0.1, -0.05) is 6.42 Å². The molecule has 0 aromatic carbocycles. The third-order valence-corrected chi connectivity index (χ3v) is 3.83. The van der Waals surface area contributed by atoms with Crippen LogP contribution in [-0.2, 0) is 4.79 Å². The Morgan fingerprint density at radius 3 is 3.00 bits per heavy atom. The van der Waals surface area contributed by atoms with Crippen molar-refractivity contribution in [2.75, 3.05) is 12.8 Å². The lowest BCUT2D eigenvalue weighted by atomic mass is 9.95. The van der Waals surface area contributed by atoms with Crippen LogP contribution in [0.2, 0.25) is 0 Å². The molecule has 1 rings (SSSR count). The van der Waals surface area contributed by atoms with Crippen molar-refractivity contribution in [3.8, 4) is 0 Å². The summed E-state index contributed by atoms with van der Waals surface area (Å²) in [6.45, 7) is 0.612. The van der Waals surface area contributed by atoms with Crippen LogP contribution in [0.1, 0.15) is 32.1 Å². The molecule has 0 saturated heterocycles. The highest BCUT2D eigenvalue weighted by atomic mass is 32.2. The molecule has 1 fully saturated rings. The van der Waals surface area contributed by atoms with Gasteiger partial charge >= 0.3 is 5.97 Å². The van der Waals surface area contributed by atoms with E-state index in [4.69, 9.17) is 5.11 Å². The standard InChI is InChI=1S/C10H19NO2S/c1-14-9-4-2-3-8(7-9)11-6-5-10(12)13/h8-9,11H,2-7H2,1H3,(H,12,13). The van der Waals surface area contributed by atoms with Crippen LogP contribution < -0.4 is 5.32 Å². The first kappa shape index (κ1) is 11.9. The molecule has 14 heavy (non-hydrogen) atoms. The van der Waals surface area contributed by atoms with Gasteiger partial charge in [0.25, 0.3) is 0 Å². The molecule has 82 valence electrons. The van der Waals surface area contributed by atoms with Crippen molar-refractivity contribution >= 4 is 17.7 Å². The minimum atomic E-state index is -0.713. The molecule has 1 saturated carbocycles. The zero-order valence-electron chi connectivity index (χ0n) is 8.66. The van der Waals surface area contributed by atoms with Crippen LogP contribution in [0, 0.1) is 0 Å². The number of thioether (sulfide) groups is 1. The quantitative estimate of drug-likeness (QED) is 0.736. The predicted molar refractivity (Wildman–Crippen MR) is 59.8 cm³/mol. The van der Waals surface area contributed by atoms with Gasteiger partial charge in [0.1, 0.15) is 0 Å². The fourth-order valence-electron chi connectivity index (χ4n) is 1.93. The summed E-state index contributed by atoms with van der Waals surface area (Å²) in [5.41, 5.74) is 0. The maximum absolute atomic E-state index is 10.3. The van der Waals surface area contributed by atoms with Gasteiger partial charge in [0, 0.05) is 17.8 Å². The van der Waals surface area contributed by atoms with Gasteiger partial charge in [-0.05, 0) is 25.5 Å². The molecule has 0 amide bonds. The van der Waals surface area contributed by atoms with Crippen LogP contribution >= 0.6 is 11.8 Å². The lowest BCUT2D eigenvalue weighted by Crippen LogP contribution is -2.36. The summed E-state index contributed by atoms with van der Waals surface area (Å²) in [6.07, 6.45) is 7.39. The Labute approximate surface area is 89.6 Å². The van der Waals surface area contributed by atoms with Crippen LogP contribution in [0.4, 0.5) is 0 Å². The predicted octanol–water partition coefficient (Wildman–Crippen LogP) is 1.72. The van der Waals surface area contributed by atoms with Crippen molar-refractivity contribution in [3.63, 3.8) is 0 Å². The summed E-state index contributed by atoms with van der Waals surface area (Å²) in [5.74, 6) is -0.713. The molecule has 2 atom stereocenters.